The van der Waals surface area contributed by atoms with Crippen LogP contribution in [0.5, 0.6) is 5.75 Å². The van der Waals surface area contributed by atoms with Crippen molar-refractivity contribution in [1.29, 1.82) is 0 Å². The van der Waals surface area contributed by atoms with Crippen LogP contribution in [-0.2, 0) is 16.0 Å². The van der Waals surface area contributed by atoms with Crippen LogP contribution < -0.4 is 10.1 Å². The number of carboxylic acid groups (broad SMARTS) is 1. The van der Waals surface area contributed by atoms with Crippen molar-refractivity contribution in [3.63, 3.8) is 0 Å². The van der Waals surface area contributed by atoms with Gasteiger partial charge < -0.3 is 15.2 Å². The third-order valence-corrected chi connectivity index (χ3v) is 4.09. The largest absolute Gasteiger partial charge is 0.497 e. The molecule has 0 saturated carbocycles. The zero-order valence-electron chi connectivity index (χ0n) is 14.4. The molecule has 0 spiro atoms. The quantitative estimate of drug-likeness (QED) is 0.774. The number of rotatable bonds is 8. The molecule has 1 unspecified atom stereocenters. The summed E-state index contributed by atoms with van der Waals surface area (Å²) in [6.45, 7) is 1.94. The molecular formula is C20H23NO4. The predicted octanol–water partition coefficient (Wildman–Crippen LogP) is 3.00. The van der Waals surface area contributed by atoms with Crippen LogP contribution in [0.15, 0.2) is 54.6 Å². The number of aliphatic carboxylic acids is 1. The minimum absolute atomic E-state index is 0.0166. The van der Waals surface area contributed by atoms with E-state index in [0.717, 1.165) is 16.9 Å². The van der Waals surface area contributed by atoms with Crippen molar-refractivity contribution in [1.82, 2.24) is 5.32 Å². The summed E-state index contributed by atoms with van der Waals surface area (Å²) in [6, 6.07) is 15.9. The third-order valence-electron chi connectivity index (χ3n) is 4.09. The summed E-state index contributed by atoms with van der Waals surface area (Å²) >= 11 is 0. The molecule has 2 rings (SSSR count). The Morgan fingerprint density at radius 2 is 1.72 bits per heavy atom. The van der Waals surface area contributed by atoms with Gasteiger partial charge in [0.15, 0.2) is 0 Å². The topological polar surface area (TPSA) is 75.6 Å². The second kappa shape index (κ2) is 8.87. The molecule has 0 aliphatic rings. The fourth-order valence-electron chi connectivity index (χ4n) is 2.63. The average molecular weight is 341 g/mol. The van der Waals surface area contributed by atoms with Gasteiger partial charge in [-0.3, -0.25) is 4.79 Å². The molecule has 2 N–H and O–H groups in total. The van der Waals surface area contributed by atoms with Crippen molar-refractivity contribution >= 4 is 11.9 Å². The van der Waals surface area contributed by atoms with Crippen LogP contribution in [-0.4, -0.2) is 30.1 Å². The van der Waals surface area contributed by atoms with Crippen LogP contribution in [0.3, 0.4) is 0 Å². The minimum atomic E-state index is -1.03. The summed E-state index contributed by atoms with van der Waals surface area (Å²) in [5, 5.41) is 12.0. The van der Waals surface area contributed by atoms with E-state index in [1.807, 2.05) is 61.5 Å². The van der Waals surface area contributed by atoms with Gasteiger partial charge in [0.25, 0.3) is 0 Å². The summed E-state index contributed by atoms with van der Waals surface area (Å²) in [5.74, 6) is -0.563. The number of hydrogen-bond donors (Lipinski definition) is 2. The van der Waals surface area contributed by atoms with Gasteiger partial charge in [0.2, 0.25) is 5.91 Å². The number of amides is 1. The molecule has 2 atom stereocenters. The van der Waals surface area contributed by atoms with Gasteiger partial charge in [-0.1, -0.05) is 49.4 Å². The molecule has 0 radical (unpaired) electrons. The van der Waals surface area contributed by atoms with Gasteiger partial charge in [-0.05, 0) is 29.2 Å². The summed E-state index contributed by atoms with van der Waals surface area (Å²) in [4.78, 5) is 23.7. The van der Waals surface area contributed by atoms with Crippen molar-refractivity contribution in [3.8, 4) is 5.75 Å². The van der Waals surface area contributed by atoms with Gasteiger partial charge >= 0.3 is 5.97 Å². The summed E-state index contributed by atoms with van der Waals surface area (Å²) < 4.78 is 5.12. The maximum Gasteiger partial charge on any atom is 0.326 e. The number of benzene rings is 2. The fourth-order valence-corrected chi connectivity index (χ4v) is 2.63. The second-order valence-corrected chi connectivity index (χ2v) is 6.03. The van der Waals surface area contributed by atoms with Crippen LogP contribution >= 0.6 is 0 Å². The Balaban J connectivity index is 1.94. The average Bonchev–Trinajstić information content (AvgIpc) is 2.62. The monoisotopic (exact) mass is 341 g/mol. The fraction of sp³-hybridized carbons (Fsp3) is 0.300. The van der Waals surface area contributed by atoms with Crippen LogP contribution in [0.25, 0.3) is 0 Å². The first-order valence-corrected chi connectivity index (χ1v) is 8.19. The number of carboxylic acids is 1. The molecular weight excluding hydrogens is 318 g/mol. The van der Waals surface area contributed by atoms with E-state index in [4.69, 9.17) is 4.74 Å². The van der Waals surface area contributed by atoms with E-state index in [2.05, 4.69) is 5.32 Å². The van der Waals surface area contributed by atoms with Crippen molar-refractivity contribution in [2.75, 3.05) is 7.11 Å². The molecule has 5 heteroatoms. The lowest BCUT2D eigenvalue weighted by Crippen LogP contribution is -2.42. The lowest BCUT2D eigenvalue weighted by atomic mass is 9.97. The van der Waals surface area contributed by atoms with Gasteiger partial charge in [-0.15, -0.1) is 0 Å². The number of carbonyl (C=O) groups excluding carboxylic acids is 1. The third kappa shape index (κ3) is 5.64. The highest BCUT2D eigenvalue weighted by atomic mass is 16.5. The lowest BCUT2D eigenvalue weighted by molar-refractivity contribution is -0.141. The van der Waals surface area contributed by atoms with E-state index in [-0.39, 0.29) is 24.7 Å². The highest BCUT2D eigenvalue weighted by Gasteiger charge is 2.21. The predicted molar refractivity (Wildman–Crippen MR) is 95.7 cm³/mol. The summed E-state index contributed by atoms with van der Waals surface area (Å²) in [5.41, 5.74) is 1.88. The van der Waals surface area contributed by atoms with Crippen LogP contribution in [0.4, 0.5) is 0 Å². The van der Waals surface area contributed by atoms with Crippen molar-refractivity contribution < 1.29 is 19.4 Å². The van der Waals surface area contributed by atoms with Gasteiger partial charge in [-0.2, -0.15) is 0 Å². The van der Waals surface area contributed by atoms with Crippen LogP contribution in [0.2, 0.25) is 0 Å². The normalized spacial score (nSPS) is 12.9. The Labute approximate surface area is 147 Å². The van der Waals surface area contributed by atoms with E-state index in [1.165, 1.54) is 0 Å². The van der Waals surface area contributed by atoms with Crippen molar-refractivity contribution in [2.45, 2.75) is 31.7 Å². The maximum atomic E-state index is 12.3. The highest BCUT2D eigenvalue weighted by Crippen LogP contribution is 2.21. The molecule has 0 fully saturated rings. The minimum Gasteiger partial charge on any atom is -0.497 e. The molecule has 0 bridgehead atoms. The number of hydrogen-bond acceptors (Lipinski definition) is 3. The number of methoxy groups -OCH3 is 1. The first-order valence-electron chi connectivity index (χ1n) is 8.19. The van der Waals surface area contributed by atoms with E-state index >= 15 is 0 Å². The smallest absolute Gasteiger partial charge is 0.326 e. The Hall–Kier alpha value is -2.82. The van der Waals surface area contributed by atoms with Crippen molar-refractivity contribution in [3.05, 3.63) is 65.7 Å². The molecule has 1 amide bonds. The van der Waals surface area contributed by atoms with Crippen LogP contribution in [0, 0.1) is 0 Å². The standard InChI is InChI=1S/C20H23NO4/c1-14(16-8-10-17(25-2)11-9-16)12-19(22)21-18(20(23)24)13-15-6-4-3-5-7-15/h3-11,14,18H,12-13H2,1-2H3,(H,21,22)(H,23,24)/t14?,18-/m0/s1. The molecule has 0 aliphatic carbocycles. The SMILES string of the molecule is COc1ccc(C(C)CC(=O)N[C@@H](Cc2ccccc2)C(=O)O)cc1. The molecule has 132 valence electrons. The van der Waals surface area contributed by atoms with E-state index in [9.17, 15) is 14.7 Å². The maximum absolute atomic E-state index is 12.3. The van der Waals surface area contributed by atoms with Gasteiger partial charge in [0, 0.05) is 12.8 Å². The molecule has 0 saturated heterocycles. The zero-order chi connectivity index (χ0) is 18.2. The number of nitrogens with one attached hydrogen (secondary N) is 1. The summed E-state index contributed by atoms with van der Waals surface area (Å²) in [6.07, 6.45) is 0.490. The highest BCUT2D eigenvalue weighted by molar-refractivity contribution is 5.84. The molecule has 0 aliphatic heterocycles. The molecule has 25 heavy (non-hydrogen) atoms. The Bertz CT molecular complexity index is 697. The number of ether oxygens (including phenoxy) is 1. The molecule has 2 aromatic rings. The van der Waals surface area contributed by atoms with E-state index < -0.39 is 12.0 Å². The summed E-state index contributed by atoms with van der Waals surface area (Å²) in [7, 11) is 1.60. The molecule has 0 heterocycles. The Kier molecular flexibility index (Phi) is 6.57. The van der Waals surface area contributed by atoms with Gasteiger partial charge in [-0.25, -0.2) is 4.79 Å². The first kappa shape index (κ1) is 18.5. The lowest BCUT2D eigenvalue weighted by Gasteiger charge is -2.17. The van der Waals surface area contributed by atoms with E-state index in [0.29, 0.717) is 0 Å². The van der Waals surface area contributed by atoms with Crippen molar-refractivity contribution in [2.24, 2.45) is 0 Å². The van der Waals surface area contributed by atoms with Gasteiger partial charge in [0.05, 0.1) is 7.11 Å². The van der Waals surface area contributed by atoms with E-state index in [1.54, 1.807) is 7.11 Å². The number of carbonyl (C=O) groups is 2. The molecule has 0 aromatic heterocycles. The molecule has 2 aromatic carbocycles. The zero-order valence-corrected chi connectivity index (χ0v) is 14.4. The van der Waals surface area contributed by atoms with Crippen LogP contribution in [0.1, 0.15) is 30.4 Å². The van der Waals surface area contributed by atoms with Gasteiger partial charge in [0.1, 0.15) is 11.8 Å². The Morgan fingerprint density at radius 3 is 2.28 bits per heavy atom. The molecule has 5 nitrogen and oxygen atoms in total. The Morgan fingerprint density at radius 1 is 1.08 bits per heavy atom. The first-order chi connectivity index (χ1) is 12.0. The second-order valence-electron chi connectivity index (χ2n) is 6.03.